The van der Waals surface area contributed by atoms with Crippen LogP contribution in [-0.4, -0.2) is 9.97 Å². The molecule has 0 aliphatic heterocycles. The molecule has 0 saturated heterocycles. The van der Waals surface area contributed by atoms with Gasteiger partial charge >= 0.3 is 0 Å². The highest BCUT2D eigenvalue weighted by atomic mass is 16.5. The molecule has 3 nitrogen and oxygen atoms in total. The minimum absolute atomic E-state index is 0.589. The molecule has 0 aliphatic carbocycles. The number of rotatable bonds is 2. The maximum absolute atomic E-state index is 5.51. The van der Waals surface area contributed by atoms with Crippen LogP contribution >= 0.6 is 0 Å². The Hall–Kier alpha value is -1.90. The summed E-state index contributed by atoms with van der Waals surface area (Å²) in [4.78, 5) is 8.29. The molecular formula is C12H12N2O. The third-order valence-corrected chi connectivity index (χ3v) is 1.99. The van der Waals surface area contributed by atoms with Gasteiger partial charge in [-0.3, -0.25) is 4.98 Å². The second-order valence-corrected chi connectivity index (χ2v) is 3.41. The zero-order valence-electron chi connectivity index (χ0n) is 8.77. The van der Waals surface area contributed by atoms with E-state index in [1.807, 2.05) is 38.1 Å². The Morgan fingerprint density at radius 3 is 2.40 bits per heavy atom. The van der Waals surface area contributed by atoms with Gasteiger partial charge in [-0.15, -0.1) is 0 Å². The predicted octanol–water partition coefficient (Wildman–Crippen LogP) is 2.89. The number of ether oxygens (including phenoxy) is 1. The van der Waals surface area contributed by atoms with E-state index in [2.05, 4.69) is 9.97 Å². The highest BCUT2D eigenvalue weighted by Crippen LogP contribution is 2.17. The number of hydrogen-bond donors (Lipinski definition) is 0. The van der Waals surface area contributed by atoms with E-state index in [9.17, 15) is 0 Å². The average molecular weight is 200 g/mol. The van der Waals surface area contributed by atoms with Crippen LogP contribution in [0.1, 0.15) is 11.3 Å². The zero-order chi connectivity index (χ0) is 10.7. The molecule has 2 rings (SSSR count). The molecular weight excluding hydrogens is 188 g/mol. The molecule has 0 radical (unpaired) electrons. The summed E-state index contributed by atoms with van der Waals surface area (Å²) in [6, 6.07) is 7.59. The first-order valence-corrected chi connectivity index (χ1v) is 4.77. The van der Waals surface area contributed by atoms with Gasteiger partial charge in [-0.05, 0) is 31.5 Å². The summed E-state index contributed by atoms with van der Waals surface area (Å²) in [5.74, 6) is 1.29. The third kappa shape index (κ3) is 2.53. The van der Waals surface area contributed by atoms with Gasteiger partial charge in [0.1, 0.15) is 5.75 Å². The lowest BCUT2D eigenvalue weighted by Crippen LogP contribution is -1.89. The van der Waals surface area contributed by atoms with E-state index in [4.69, 9.17) is 4.74 Å². The van der Waals surface area contributed by atoms with Crippen LogP contribution in [0.25, 0.3) is 0 Å². The molecule has 0 unspecified atom stereocenters. The Kier molecular flexibility index (Phi) is 2.63. The van der Waals surface area contributed by atoms with Crippen LogP contribution in [0.3, 0.4) is 0 Å². The molecule has 0 N–H and O–H groups in total. The topological polar surface area (TPSA) is 35.0 Å². The third-order valence-electron chi connectivity index (χ3n) is 1.99. The first-order chi connectivity index (χ1) is 7.24. The molecule has 0 aliphatic rings. The molecule has 0 fully saturated rings. The van der Waals surface area contributed by atoms with Crippen molar-refractivity contribution in [3.05, 3.63) is 47.9 Å². The Morgan fingerprint density at radius 2 is 1.80 bits per heavy atom. The van der Waals surface area contributed by atoms with Gasteiger partial charge in [0.2, 0.25) is 5.88 Å². The summed E-state index contributed by atoms with van der Waals surface area (Å²) >= 11 is 0. The second-order valence-electron chi connectivity index (χ2n) is 3.41. The largest absolute Gasteiger partial charge is 0.437 e. The first kappa shape index (κ1) is 9.65. The zero-order valence-corrected chi connectivity index (χ0v) is 8.77. The highest BCUT2D eigenvalue weighted by molar-refractivity contribution is 5.25. The van der Waals surface area contributed by atoms with Crippen LogP contribution in [0, 0.1) is 13.8 Å². The van der Waals surface area contributed by atoms with Crippen LogP contribution in [0.2, 0.25) is 0 Å². The Labute approximate surface area is 88.8 Å². The molecule has 0 aromatic carbocycles. The smallest absolute Gasteiger partial charge is 0.219 e. The molecule has 76 valence electrons. The van der Waals surface area contributed by atoms with Gasteiger partial charge in [0.25, 0.3) is 0 Å². The molecule has 0 bridgehead atoms. The Morgan fingerprint density at radius 1 is 0.933 bits per heavy atom. The lowest BCUT2D eigenvalue weighted by molar-refractivity contribution is 0.460. The quantitative estimate of drug-likeness (QED) is 0.747. The van der Waals surface area contributed by atoms with Crippen LogP contribution in [-0.2, 0) is 0 Å². The van der Waals surface area contributed by atoms with Gasteiger partial charge < -0.3 is 4.74 Å². The van der Waals surface area contributed by atoms with E-state index < -0.39 is 0 Å². The minimum Gasteiger partial charge on any atom is -0.437 e. The molecule has 15 heavy (non-hydrogen) atoms. The van der Waals surface area contributed by atoms with Crippen molar-refractivity contribution in [2.24, 2.45) is 0 Å². The van der Waals surface area contributed by atoms with Crippen molar-refractivity contribution in [3.8, 4) is 11.6 Å². The molecule has 0 atom stereocenters. The van der Waals surface area contributed by atoms with E-state index in [0.717, 1.165) is 11.3 Å². The Bertz CT molecular complexity index is 391. The number of aromatic nitrogens is 2. The highest BCUT2D eigenvalue weighted by Gasteiger charge is 1.97. The molecule has 3 heteroatoms. The average Bonchev–Trinajstić information content (AvgIpc) is 2.25. The second kappa shape index (κ2) is 4.09. The lowest BCUT2D eigenvalue weighted by Gasteiger charge is -2.04. The van der Waals surface area contributed by atoms with Gasteiger partial charge in [0, 0.05) is 18.0 Å². The van der Waals surface area contributed by atoms with E-state index in [1.165, 1.54) is 0 Å². The van der Waals surface area contributed by atoms with Crippen molar-refractivity contribution in [1.82, 2.24) is 9.97 Å². The fraction of sp³-hybridized carbons (Fsp3) is 0.167. The summed E-state index contributed by atoms with van der Waals surface area (Å²) in [6.07, 6.45) is 3.47. The van der Waals surface area contributed by atoms with Crippen molar-refractivity contribution in [3.63, 3.8) is 0 Å². The normalized spacial score (nSPS) is 10.0. The van der Waals surface area contributed by atoms with Gasteiger partial charge in [0.15, 0.2) is 0 Å². The van der Waals surface area contributed by atoms with Gasteiger partial charge in [-0.25, -0.2) is 4.98 Å². The molecule has 0 saturated carbocycles. The summed E-state index contributed by atoms with van der Waals surface area (Å²) in [6.45, 7) is 3.93. The van der Waals surface area contributed by atoms with E-state index in [0.29, 0.717) is 11.6 Å². The van der Waals surface area contributed by atoms with Crippen LogP contribution in [0.5, 0.6) is 11.6 Å². The van der Waals surface area contributed by atoms with Crippen LogP contribution in [0.15, 0.2) is 36.7 Å². The summed E-state index contributed by atoms with van der Waals surface area (Å²) in [5.41, 5.74) is 2.09. The van der Waals surface area contributed by atoms with Gasteiger partial charge in [-0.1, -0.05) is 6.07 Å². The molecule has 2 aromatic rings. The van der Waals surface area contributed by atoms with Crippen LogP contribution in [0.4, 0.5) is 0 Å². The number of hydrogen-bond acceptors (Lipinski definition) is 3. The fourth-order valence-electron chi connectivity index (χ4n) is 1.15. The summed E-state index contributed by atoms with van der Waals surface area (Å²) in [7, 11) is 0. The molecule has 0 spiro atoms. The molecule has 2 heterocycles. The monoisotopic (exact) mass is 200 g/mol. The summed E-state index contributed by atoms with van der Waals surface area (Å²) in [5, 5.41) is 0. The van der Waals surface area contributed by atoms with Crippen molar-refractivity contribution in [2.45, 2.75) is 13.8 Å². The Balaban J connectivity index is 2.15. The van der Waals surface area contributed by atoms with Crippen molar-refractivity contribution in [1.29, 1.82) is 0 Å². The molecule has 0 amide bonds. The van der Waals surface area contributed by atoms with E-state index >= 15 is 0 Å². The SMILES string of the molecule is Cc1ccc(Oc2ccc(C)nc2)nc1. The maximum atomic E-state index is 5.51. The number of aryl methyl sites for hydroxylation is 2. The first-order valence-electron chi connectivity index (χ1n) is 4.77. The summed E-state index contributed by atoms with van der Waals surface area (Å²) < 4.78 is 5.51. The van der Waals surface area contributed by atoms with E-state index in [-0.39, 0.29) is 0 Å². The minimum atomic E-state index is 0.589. The number of nitrogens with zero attached hydrogens (tertiary/aromatic N) is 2. The van der Waals surface area contributed by atoms with Crippen molar-refractivity contribution >= 4 is 0 Å². The van der Waals surface area contributed by atoms with Crippen molar-refractivity contribution < 1.29 is 4.74 Å². The standard InChI is InChI=1S/C12H12N2O/c1-9-3-6-12(14-7-9)15-11-5-4-10(2)13-8-11/h3-8H,1-2H3. The van der Waals surface area contributed by atoms with E-state index in [1.54, 1.807) is 12.4 Å². The predicted molar refractivity (Wildman–Crippen MR) is 58.0 cm³/mol. The number of pyridine rings is 2. The lowest BCUT2D eigenvalue weighted by atomic mass is 10.3. The van der Waals surface area contributed by atoms with Crippen LogP contribution < -0.4 is 4.74 Å². The maximum Gasteiger partial charge on any atom is 0.219 e. The molecule has 2 aromatic heterocycles. The van der Waals surface area contributed by atoms with Gasteiger partial charge in [0.05, 0.1) is 6.20 Å². The fourth-order valence-corrected chi connectivity index (χ4v) is 1.15. The van der Waals surface area contributed by atoms with Crippen molar-refractivity contribution in [2.75, 3.05) is 0 Å². The van der Waals surface area contributed by atoms with Gasteiger partial charge in [-0.2, -0.15) is 0 Å².